The van der Waals surface area contributed by atoms with E-state index >= 15 is 0 Å². The summed E-state index contributed by atoms with van der Waals surface area (Å²) < 4.78 is 11.2. The van der Waals surface area contributed by atoms with Gasteiger partial charge in [-0.05, 0) is 49.7 Å². The van der Waals surface area contributed by atoms with Crippen LogP contribution in [0.5, 0.6) is 5.75 Å². The molecule has 2 amide bonds. The maximum absolute atomic E-state index is 12.9. The van der Waals surface area contributed by atoms with Gasteiger partial charge in [0.05, 0.1) is 26.2 Å². The Bertz CT molecular complexity index is 961. The molecule has 0 spiro atoms. The summed E-state index contributed by atoms with van der Waals surface area (Å²) in [5.74, 6) is 1.03. The highest BCUT2D eigenvalue weighted by molar-refractivity contribution is 5.94. The van der Waals surface area contributed by atoms with Crippen molar-refractivity contribution in [3.8, 4) is 5.75 Å². The summed E-state index contributed by atoms with van der Waals surface area (Å²) in [5.41, 5.74) is 2.88. The van der Waals surface area contributed by atoms with E-state index in [1.54, 1.807) is 7.11 Å². The third-order valence-corrected chi connectivity index (χ3v) is 6.64. The quantitative estimate of drug-likeness (QED) is 0.656. The molecule has 0 saturated carbocycles. The first-order valence-electron chi connectivity index (χ1n) is 12.1. The van der Waals surface area contributed by atoms with Crippen LogP contribution in [0.3, 0.4) is 0 Å². The second kappa shape index (κ2) is 11.5. The van der Waals surface area contributed by atoms with E-state index in [1.165, 1.54) is 0 Å². The van der Waals surface area contributed by atoms with Gasteiger partial charge in [0.15, 0.2) is 0 Å². The highest BCUT2D eigenvalue weighted by Gasteiger charge is 2.28. The molecule has 4 rings (SSSR count). The van der Waals surface area contributed by atoms with Crippen LogP contribution in [0.4, 0.5) is 0 Å². The molecule has 0 N–H and O–H groups in total. The monoisotopic (exact) mass is 465 g/mol. The maximum atomic E-state index is 12.9. The second-order valence-electron chi connectivity index (χ2n) is 9.17. The van der Waals surface area contributed by atoms with Crippen molar-refractivity contribution in [1.82, 2.24) is 14.7 Å². The maximum Gasteiger partial charge on any atom is 0.254 e. The van der Waals surface area contributed by atoms with Crippen molar-refractivity contribution in [2.45, 2.75) is 25.9 Å². The van der Waals surface area contributed by atoms with Gasteiger partial charge in [0.25, 0.3) is 5.91 Å². The number of ether oxygens (including phenoxy) is 2. The predicted molar refractivity (Wildman–Crippen MR) is 131 cm³/mol. The third-order valence-electron chi connectivity index (χ3n) is 6.64. The van der Waals surface area contributed by atoms with Gasteiger partial charge >= 0.3 is 0 Å². The van der Waals surface area contributed by atoms with Gasteiger partial charge in [-0.25, -0.2) is 0 Å². The molecule has 2 heterocycles. The van der Waals surface area contributed by atoms with E-state index in [0.29, 0.717) is 32.7 Å². The summed E-state index contributed by atoms with van der Waals surface area (Å²) in [5, 5.41) is 0. The zero-order valence-electron chi connectivity index (χ0n) is 20.2. The molecule has 2 fully saturated rings. The SMILES string of the molecule is COc1ccc(CC(=O)N2CCCN(CC3CN(C(=O)c4ccc(C)cc4)CCO3)CC2)cc1. The van der Waals surface area contributed by atoms with E-state index in [1.807, 2.05) is 65.3 Å². The molecule has 2 aliphatic heterocycles. The lowest BCUT2D eigenvalue weighted by molar-refractivity contribution is -0.130. The van der Waals surface area contributed by atoms with Crippen LogP contribution in [0.25, 0.3) is 0 Å². The van der Waals surface area contributed by atoms with Gasteiger partial charge in [-0.3, -0.25) is 14.5 Å². The van der Waals surface area contributed by atoms with Crippen molar-refractivity contribution in [3.63, 3.8) is 0 Å². The lowest BCUT2D eigenvalue weighted by atomic mass is 10.1. The Labute approximate surface area is 202 Å². The Hall–Kier alpha value is -2.90. The fourth-order valence-corrected chi connectivity index (χ4v) is 4.61. The zero-order chi connectivity index (χ0) is 23.9. The van der Waals surface area contributed by atoms with Crippen LogP contribution >= 0.6 is 0 Å². The number of methoxy groups -OCH3 is 1. The Morgan fingerprint density at radius 1 is 0.941 bits per heavy atom. The van der Waals surface area contributed by atoms with Crippen LogP contribution in [0, 0.1) is 6.92 Å². The molecule has 0 bridgehead atoms. The summed E-state index contributed by atoms with van der Waals surface area (Å²) in [6, 6.07) is 15.4. The molecule has 0 aromatic heterocycles. The minimum Gasteiger partial charge on any atom is -0.497 e. The van der Waals surface area contributed by atoms with E-state index in [-0.39, 0.29) is 17.9 Å². The Morgan fingerprint density at radius 2 is 1.71 bits per heavy atom. The van der Waals surface area contributed by atoms with E-state index in [2.05, 4.69) is 4.90 Å². The number of carbonyl (C=O) groups excluding carboxylic acids is 2. The average Bonchev–Trinajstić information content (AvgIpc) is 3.10. The van der Waals surface area contributed by atoms with Gasteiger partial charge < -0.3 is 19.3 Å². The first-order valence-corrected chi connectivity index (χ1v) is 12.1. The first-order chi connectivity index (χ1) is 16.5. The van der Waals surface area contributed by atoms with Gasteiger partial charge in [-0.1, -0.05) is 29.8 Å². The molecule has 0 radical (unpaired) electrons. The number of benzene rings is 2. The highest BCUT2D eigenvalue weighted by Crippen LogP contribution is 2.15. The van der Waals surface area contributed by atoms with Crippen LogP contribution in [0.2, 0.25) is 0 Å². The highest BCUT2D eigenvalue weighted by atomic mass is 16.5. The van der Waals surface area contributed by atoms with Crippen molar-refractivity contribution in [2.75, 3.05) is 59.5 Å². The number of aryl methyl sites for hydroxylation is 1. The fraction of sp³-hybridized carbons (Fsp3) is 0.481. The number of hydrogen-bond donors (Lipinski definition) is 0. The largest absolute Gasteiger partial charge is 0.497 e. The topological polar surface area (TPSA) is 62.3 Å². The molecule has 1 atom stereocenters. The van der Waals surface area contributed by atoms with Crippen molar-refractivity contribution in [1.29, 1.82) is 0 Å². The van der Waals surface area contributed by atoms with E-state index < -0.39 is 0 Å². The van der Waals surface area contributed by atoms with E-state index in [0.717, 1.165) is 55.0 Å². The molecule has 0 aliphatic carbocycles. The third kappa shape index (κ3) is 6.36. The smallest absolute Gasteiger partial charge is 0.254 e. The fourth-order valence-electron chi connectivity index (χ4n) is 4.61. The van der Waals surface area contributed by atoms with Crippen LogP contribution in [0.1, 0.15) is 27.9 Å². The van der Waals surface area contributed by atoms with Gasteiger partial charge in [0.1, 0.15) is 5.75 Å². The molecule has 182 valence electrons. The number of nitrogens with zero attached hydrogens (tertiary/aromatic N) is 3. The summed E-state index contributed by atoms with van der Waals surface area (Å²) in [6.45, 7) is 7.82. The molecule has 7 heteroatoms. The normalized spacial score (nSPS) is 19.5. The number of rotatable bonds is 6. The number of amides is 2. The lowest BCUT2D eigenvalue weighted by Gasteiger charge is -2.35. The Morgan fingerprint density at radius 3 is 2.44 bits per heavy atom. The molecule has 2 aromatic carbocycles. The van der Waals surface area contributed by atoms with Crippen molar-refractivity contribution >= 4 is 11.8 Å². The van der Waals surface area contributed by atoms with Gasteiger partial charge in [-0.2, -0.15) is 0 Å². The van der Waals surface area contributed by atoms with Gasteiger partial charge in [-0.15, -0.1) is 0 Å². The predicted octanol–water partition coefficient (Wildman–Crippen LogP) is 2.62. The van der Waals surface area contributed by atoms with E-state index in [9.17, 15) is 9.59 Å². The first kappa shape index (κ1) is 24.2. The van der Waals surface area contributed by atoms with Crippen LogP contribution < -0.4 is 4.74 Å². The molecular weight excluding hydrogens is 430 g/mol. The lowest BCUT2D eigenvalue weighted by Crippen LogP contribution is -2.50. The average molecular weight is 466 g/mol. The standard InChI is InChI=1S/C27H35N3O4/c1-21-4-8-23(9-5-21)27(32)30-16-17-34-25(20-30)19-28-12-3-13-29(15-14-28)26(31)18-22-6-10-24(33-2)11-7-22/h4-11,25H,3,12-20H2,1-2H3. The number of carbonyl (C=O) groups is 2. The number of morpholine rings is 1. The van der Waals surface area contributed by atoms with Crippen molar-refractivity contribution < 1.29 is 19.1 Å². The summed E-state index contributed by atoms with van der Waals surface area (Å²) >= 11 is 0. The molecule has 34 heavy (non-hydrogen) atoms. The van der Waals surface area contributed by atoms with Crippen LogP contribution in [-0.4, -0.2) is 92.1 Å². The Kier molecular flexibility index (Phi) is 8.19. The summed E-state index contributed by atoms with van der Waals surface area (Å²) in [4.78, 5) is 32.0. The molecule has 2 saturated heterocycles. The van der Waals surface area contributed by atoms with Crippen LogP contribution in [-0.2, 0) is 16.0 Å². The Balaban J connectivity index is 1.26. The van der Waals surface area contributed by atoms with Gasteiger partial charge in [0.2, 0.25) is 5.91 Å². The van der Waals surface area contributed by atoms with Gasteiger partial charge in [0, 0.05) is 44.8 Å². The molecular formula is C27H35N3O4. The van der Waals surface area contributed by atoms with Crippen LogP contribution in [0.15, 0.2) is 48.5 Å². The van der Waals surface area contributed by atoms with Crippen molar-refractivity contribution in [2.24, 2.45) is 0 Å². The molecule has 2 aliphatic rings. The van der Waals surface area contributed by atoms with E-state index in [4.69, 9.17) is 9.47 Å². The zero-order valence-corrected chi connectivity index (χ0v) is 20.2. The minimum absolute atomic E-state index is 0.00954. The molecule has 7 nitrogen and oxygen atoms in total. The summed E-state index contributed by atoms with van der Waals surface area (Å²) in [7, 11) is 1.64. The second-order valence-corrected chi connectivity index (χ2v) is 9.17. The molecule has 2 aromatic rings. The molecule has 1 unspecified atom stereocenters. The summed E-state index contributed by atoms with van der Waals surface area (Å²) in [6.07, 6.45) is 1.34. The van der Waals surface area contributed by atoms with Crippen molar-refractivity contribution in [3.05, 3.63) is 65.2 Å². The minimum atomic E-state index is -0.00954. The number of hydrogen-bond acceptors (Lipinski definition) is 5.